The molecule has 4 heteroatoms. The van der Waals surface area contributed by atoms with Crippen LogP contribution >= 0.6 is 0 Å². The molecule has 1 saturated carbocycles. The zero-order valence-electron chi connectivity index (χ0n) is 16.3. The topological polar surface area (TPSA) is 38.8 Å². The molecule has 1 saturated heterocycles. The van der Waals surface area contributed by atoms with E-state index in [0.29, 0.717) is 6.04 Å². The van der Waals surface area contributed by atoms with E-state index >= 15 is 0 Å². The number of nitrogens with zero attached hydrogens (tertiary/aromatic N) is 1. The molecule has 0 amide bonds. The van der Waals surface area contributed by atoms with Gasteiger partial charge in [-0.3, -0.25) is 9.69 Å². The number of hydrogen-bond donors (Lipinski definition) is 0. The zero-order chi connectivity index (χ0) is 19.2. The van der Waals surface area contributed by atoms with E-state index < -0.39 is 0 Å². The van der Waals surface area contributed by atoms with Crippen LogP contribution in [-0.4, -0.2) is 49.3 Å². The Hall–Kier alpha value is -2.17. The van der Waals surface area contributed by atoms with Gasteiger partial charge in [0.25, 0.3) is 0 Å². The van der Waals surface area contributed by atoms with Gasteiger partial charge in [-0.05, 0) is 30.4 Å². The van der Waals surface area contributed by atoms with Gasteiger partial charge >= 0.3 is 5.97 Å². The molecule has 148 valence electrons. The number of esters is 1. The summed E-state index contributed by atoms with van der Waals surface area (Å²) >= 11 is 0. The molecule has 0 radical (unpaired) electrons. The molecule has 2 aliphatic rings. The minimum absolute atomic E-state index is 0.0331. The second-order valence-electron chi connectivity index (χ2n) is 7.73. The van der Waals surface area contributed by atoms with Gasteiger partial charge in [-0.15, -0.1) is 0 Å². The maximum Gasteiger partial charge on any atom is 0.318 e. The lowest BCUT2D eigenvalue weighted by atomic mass is 9.89. The largest absolute Gasteiger partial charge is 0.460 e. The van der Waals surface area contributed by atoms with E-state index in [4.69, 9.17) is 9.47 Å². The molecule has 2 unspecified atom stereocenters. The molecule has 0 aromatic heterocycles. The predicted molar refractivity (Wildman–Crippen MR) is 109 cm³/mol. The van der Waals surface area contributed by atoms with Crippen LogP contribution in [0.3, 0.4) is 0 Å². The Balaban J connectivity index is 1.54. The average molecular weight is 380 g/mol. The highest BCUT2D eigenvalue weighted by molar-refractivity contribution is 5.82. The molecule has 2 fully saturated rings. The number of morpholine rings is 1. The Morgan fingerprint density at radius 2 is 1.46 bits per heavy atom. The standard InChI is InChI=1S/C24H29NO3/c26-24(23(19-9-3-1-4-10-19)20-11-5-2-6-12-20)28-22-14-8-7-13-21(22)25-15-17-27-18-16-25/h1-6,9-12,21-23H,7-8,13-18H2. The fourth-order valence-corrected chi connectivity index (χ4v) is 4.51. The summed E-state index contributed by atoms with van der Waals surface area (Å²) in [6.45, 7) is 3.40. The highest BCUT2D eigenvalue weighted by Crippen LogP contribution is 2.31. The molecule has 1 aliphatic carbocycles. The van der Waals surface area contributed by atoms with Crippen molar-refractivity contribution in [3.05, 3.63) is 71.8 Å². The molecular weight excluding hydrogens is 350 g/mol. The first-order chi connectivity index (χ1) is 13.8. The van der Waals surface area contributed by atoms with Crippen molar-refractivity contribution in [2.45, 2.75) is 43.7 Å². The van der Waals surface area contributed by atoms with E-state index in [-0.39, 0.29) is 18.0 Å². The molecule has 1 heterocycles. The van der Waals surface area contributed by atoms with Gasteiger partial charge in [0.05, 0.1) is 13.2 Å². The number of benzene rings is 2. The van der Waals surface area contributed by atoms with E-state index in [9.17, 15) is 4.79 Å². The summed E-state index contributed by atoms with van der Waals surface area (Å²) in [5.41, 5.74) is 1.97. The second-order valence-corrected chi connectivity index (χ2v) is 7.73. The van der Waals surface area contributed by atoms with Crippen LogP contribution in [0, 0.1) is 0 Å². The summed E-state index contributed by atoms with van der Waals surface area (Å²) in [7, 11) is 0. The van der Waals surface area contributed by atoms with Crippen molar-refractivity contribution in [1.82, 2.24) is 4.90 Å². The molecule has 4 nitrogen and oxygen atoms in total. The molecule has 2 aromatic rings. The van der Waals surface area contributed by atoms with E-state index in [2.05, 4.69) is 4.90 Å². The smallest absolute Gasteiger partial charge is 0.318 e. The molecule has 28 heavy (non-hydrogen) atoms. The van der Waals surface area contributed by atoms with Gasteiger partial charge < -0.3 is 9.47 Å². The van der Waals surface area contributed by atoms with E-state index in [1.165, 1.54) is 6.42 Å². The molecule has 0 bridgehead atoms. The Morgan fingerprint density at radius 3 is 2.07 bits per heavy atom. The first-order valence-corrected chi connectivity index (χ1v) is 10.4. The van der Waals surface area contributed by atoms with Crippen LogP contribution < -0.4 is 0 Å². The van der Waals surface area contributed by atoms with Crippen molar-refractivity contribution in [3.63, 3.8) is 0 Å². The van der Waals surface area contributed by atoms with Crippen molar-refractivity contribution in [1.29, 1.82) is 0 Å². The third-order valence-corrected chi connectivity index (χ3v) is 5.95. The SMILES string of the molecule is O=C(OC1CCCCC1N1CCOCC1)C(c1ccccc1)c1ccccc1. The van der Waals surface area contributed by atoms with Crippen molar-refractivity contribution in [3.8, 4) is 0 Å². The normalized spacial score (nSPS) is 23.5. The fraction of sp³-hybridized carbons (Fsp3) is 0.458. The first kappa shape index (κ1) is 19.2. The van der Waals surface area contributed by atoms with Crippen LogP contribution in [0.5, 0.6) is 0 Å². The monoisotopic (exact) mass is 379 g/mol. The van der Waals surface area contributed by atoms with Crippen LogP contribution in [0.25, 0.3) is 0 Å². The van der Waals surface area contributed by atoms with Crippen LogP contribution in [0.4, 0.5) is 0 Å². The summed E-state index contributed by atoms with van der Waals surface area (Å²) in [5.74, 6) is -0.516. The van der Waals surface area contributed by atoms with Gasteiger partial charge in [-0.1, -0.05) is 67.1 Å². The molecule has 0 N–H and O–H groups in total. The van der Waals surface area contributed by atoms with Crippen LogP contribution in [0.1, 0.15) is 42.7 Å². The maximum absolute atomic E-state index is 13.4. The third-order valence-electron chi connectivity index (χ3n) is 5.95. The summed E-state index contributed by atoms with van der Waals surface area (Å²) in [4.78, 5) is 15.8. The highest BCUT2D eigenvalue weighted by Gasteiger charge is 2.35. The van der Waals surface area contributed by atoms with Crippen molar-refractivity contribution in [2.75, 3.05) is 26.3 Å². The quantitative estimate of drug-likeness (QED) is 0.736. The van der Waals surface area contributed by atoms with E-state index in [1.807, 2.05) is 60.7 Å². The third kappa shape index (κ3) is 4.45. The van der Waals surface area contributed by atoms with E-state index in [1.54, 1.807) is 0 Å². The molecule has 2 aromatic carbocycles. The van der Waals surface area contributed by atoms with E-state index in [0.717, 1.165) is 56.7 Å². The van der Waals surface area contributed by atoms with Gasteiger partial charge in [-0.25, -0.2) is 0 Å². The van der Waals surface area contributed by atoms with Gasteiger partial charge in [0, 0.05) is 19.1 Å². The minimum Gasteiger partial charge on any atom is -0.460 e. The lowest BCUT2D eigenvalue weighted by molar-refractivity contribution is -0.156. The molecule has 2 atom stereocenters. The van der Waals surface area contributed by atoms with Crippen LogP contribution in [-0.2, 0) is 14.3 Å². The maximum atomic E-state index is 13.4. The van der Waals surface area contributed by atoms with Gasteiger partial charge in [0.15, 0.2) is 0 Å². The van der Waals surface area contributed by atoms with Crippen molar-refractivity contribution in [2.24, 2.45) is 0 Å². The van der Waals surface area contributed by atoms with Gasteiger partial charge in [-0.2, -0.15) is 0 Å². The number of ether oxygens (including phenoxy) is 2. The predicted octanol–water partition coefficient (Wildman–Crippen LogP) is 4.01. The Labute approximate surface area is 167 Å². The summed E-state index contributed by atoms with van der Waals surface area (Å²) in [6, 6.07) is 20.3. The van der Waals surface area contributed by atoms with Crippen molar-refractivity contribution >= 4 is 5.97 Å². The average Bonchev–Trinajstić information content (AvgIpc) is 2.76. The minimum atomic E-state index is -0.380. The Bertz CT molecular complexity index is 703. The lowest BCUT2D eigenvalue weighted by Gasteiger charge is -2.41. The molecular formula is C24H29NO3. The van der Waals surface area contributed by atoms with Gasteiger partial charge in [0.2, 0.25) is 0 Å². The number of carbonyl (C=O) groups is 1. The number of rotatable bonds is 5. The Kier molecular flexibility index (Phi) is 6.40. The molecule has 4 rings (SSSR count). The first-order valence-electron chi connectivity index (χ1n) is 10.4. The Morgan fingerprint density at radius 1 is 0.893 bits per heavy atom. The summed E-state index contributed by atoms with van der Waals surface area (Å²) in [5, 5.41) is 0. The second kappa shape index (κ2) is 9.35. The zero-order valence-corrected chi connectivity index (χ0v) is 16.3. The van der Waals surface area contributed by atoms with Crippen LogP contribution in [0.15, 0.2) is 60.7 Å². The molecule has 0 spiro atoms. The lowest BCUT2D eigenvalue weighted by Crippen LogP contribution is -2.51. The fourth-order valence-electron chi connectivity index (χ4n) is 4.51. The van der Waals surface area contributed by atoms with Crippen LogP contribution in [0.2, 0.25) is 0 Å². The van der Waals surface area contributed by atoms with Gasteiger partial charge in [0.1, 0.15) is 12.0 Å². The van der Waals surface area contributed by atoms with Crippen molar-refractivity contribution < 1.29 is 14.3 Å². The molecule has 1 aliphatic heterocycles. The highest BCUT2D eigenvalue weighted by atomic mass is 16.5. The number of hydrogen-bond acceptors (Lipinski definition) is 4. The summed E-state index contributed by atoms with van der Waals surface area (Å²) < 4.78 is 11.7. The number of carbonyl (C=O) groups excluding carboxylic acids is 1. The summed E-state index contributed by atoms with van der Waals surface area (Å²) in [6.07, 6.45) is 4.34.